The molecule has 2 fully saturated rings. The minimum Gasteiger partial charge on any atom is -0.461 e. The smallest absolute Gasteiger partial charge is 0.318 e. The van der Waals surface area contributed by atoms with Gasteiger partial charge in [0.1, 0.15) is 23.6 Å². The summed E-state index contributed by atoms with van der Waals surface area (Å²) in [5.41, 5.74) is 4.21. The van der Waals surface area contributed by atoms with E-state index in [0.717, 1.165) is 56.2 Å². The number of fused-ring (bicyclic) bond motifs is 5. The minimum atomic E-state index is -3.59. The Bertz CT molecular complexity index is 1810. The van der Waals surface area contributed by atoms with Gasteiger partial charge in [-0.25, -0.2) is 12.8 Å². The summed E-state index contributed by atoms with van der Waals surface area (Å²) in [6, 6.07) is 6.69. The molecule has 3 atom stereocenters. The van der Waals surface area contributed by atoms with Gasteiger partial charge in [0.05, 0.1) is 35.7 Å². The number of alkyl halides is 1. The lowest BCUT2D eigenvalue weighted by atomic mass is 9.87. The van der Waals surface area contributed by atoms with Crippen molar-refractivity contribution in [2.75, 3.05) is 37.4 Å². The van der Waals surface area contributed by atoms with Gasteiger partial charge in [0, 0.05) is 47.9 Å². The first kappa shape index (κ1) is 30.3. The van der Waals surface area contributed by atoms with E-state index in [-0.39, 0.29) is 21.6 Å². The normalized spacial score (nSPS) is 27.7. The summed E-state index contributed by atoms with van der Waals surface area (Å²) < 4.78 is 55.5. The van der Waals surface area contributed by atoms with E-state index in [0.29, 0.717) is 63.7 Å². The lowest BCUT2D eigenvalue weighted by Gasteiger charge is -2.37. The summed E-state index contributed by atoms with van der Waals surface area (Å²) in [5.74, 6) is 0.702. The van der Waals surface area contributed by atoms with Gasteiger partial charge in [-0.1, -0.05) is 23.7 Å². The highest BCUT2D eigenvalue weighted by atomic mass is 127. The van der Waals surface area contributed by atoms with Crippen LogP contribution in [0.1, 0.15) is 60.2 Å². The maximum absolute atomic E-state index is 14.5. The zero-order valence-corrected chi connectivity index (χ0v) is 28.8. The molecule has 8 rings (SSSR count). The molecule has 0 bridgehead atoms. The van der Waals surface area contributed by atoms with Gasteiger partial charge >= 0.3 is 6.01 Å². The fourth-order valence-electron chi connectivity index (χ4n) is 8.20. The number of benzene rings is 1. The summed E-state index contributed by atoms with van der Waals surface area (Å²) in [5, 5.41) is 4.41. The van der Waals surface area contributed by atoms with Gasteiger partial charge in [-0.2, -0.15) is 15.1 Å². The van der Waals surface area contributed by atoms with Crippen LogP contribution in [0.25, 0.3) is 0 Å². The number of hydrogen-bond acceptors (Lipinski definition) is 9. The van der Waals surface area contributed by atoms with Crippen LogP contribution in [-0.4, -0.2) is 77.3 Å². The number of sulfone groups is 1. The van der Waals surface area contributed by atoms with E-state index in [4.69, 9.17) is 31.0 Å². The van der Waals surface area contributed by atoms with E-state index in [2.05, 4.69) is 55.7 Å². The average molecular weight is 769 g/mol. The van der Waals surface area contributed by atoms with Crippen molar-refractivity contribution in [3.8, 4) is 6.01 Å². The van der Waals surface area contributed by atoms with Crippen molar-refractivity contribution in [3.05, 3.63) is 54.9 Å². The van der Waals surface area contributed by atoms with Crippen LogP contribution in [0, 0.1) is 3.57 Å². The maximum Gasteiger partial charge on any atom is 0.318 e. The molecular formula is C31H35ClFIN6O4S. The second kappa shape index (κ2) is 11.0. The number of halogens is 3. The molecule has 0 amide bonds. The third kappa shape index (κ3) is 5.06. The van der Waals surface area contributed by atoms with Crippen molar-refractivity contribution in [1.29, 1.82) is 0 Å². The first-order chi connectivity index (χ1) is 21.6. The highest BCUT2D eigenvalue weighted by Gasteiger charge is 2.50. The summed E-state index contributed by atoms with van der Waals surface area (Å²) in [6.07, 6.45) is 5.81. The molecule has 5 aliphatic rings. The van der Waals surface area contributed by atoms with Crippen molar-refractivity contribution in [2.45, 2.75) is 87.0 Å². The van der Waals surface area contributed by atoms with Gasteiger partial charge in [0.25, 0.3) is 0 Å². The Morgan fingerprint density at radius 2 is 2.04 bits per heavy atom. The molecule has 2 aromatic heterocycles. The lowest BCUT2D eigenvalue weighted by Crippen LogP contribution is -2.43. The van der Waals surface area contributed by atoms with Crippen LogP contribution >= 0.6 is 34.2 Å². The van der Waals surface area contributed by atoms with Crippen LogP contribution in [0.3, 0.4) is 0 Å². The molecule has 3 aromatic rings. The first-order valence-electron chi connectivity index (χ1n) is 15.6. The fourth-order valence-corrected chi connectivity index (χ4v) is 10.3. The molecule has 240 valence electrons. The Hall–Kier alpha value is -2.07. The van der Waals surface area contributed by atoms with Gasteiger partial charge in [0.2, 0.25) is 0 Å². The highest BCUT2D eigenvalue weighted by Crippen LogP contribution is 2.48. The fraction of sp³-hybridized carbons (Fsp3) is 0.581. The Kier molecular flexibility index (Phi) is 7.40. The molecule has 1 spiro atoms. The molecule has 0 saturated carbocycles. The lowest BCUT2D eigenvalue weighted by molar-refractivity contribution is -0.0730. The number of ether oxygens (including phenoxy) is 2. The summed E-state index contributed by atoms with van der Waals surface area (Å²) >= 11 is 9.05. The predicted octanol–water partition coefficient (Wildman–Crippen LogP) is 4.61. The topological polar surface area (TPSA) is 103 Å². The molecule has 1 aliphatic carbocycles. The van der Waals surface area contributed by atoms with Gasteiger partial charge in [-0.15, -0.1) is 0 Å². The second-order valence-corrected chi connectivity index (χ2v) is 16.7. The van der Waals surface area contributed by atoms with Gasteiger partial charge in [-0.05, 0) is 78.4 Å². The molecule has 0 unspecified atom stereocenters. The number of aromatic nitrogens is 4. The number of rotatable bonds is 5. The molecule has 2 saturated heterocycles. The Morgan fingerprint density at radius 3 is 2.89 bits per heavy atom. The standard InChI is InChI=1S/C31H35ClFIN6O4S/c1-45(41,42)28-26(32)25-16-38(10-4-12-40(25)37-28)27-21-17-44-31(9-7-20-22(31)5-2-6-23(20)34)14-24(21)35-29(36-27)43-18-30-8-3-11-39(30)15-19(33)13-30/h2,5-6,19H,3-4,7-18H2,1H3/t19-,30+,31+/m1/s1. The quantitative estimate of drug-likeness (QED) is 0.345. The number of nitrogens with zero attached hydrogens (tertiary/aromatic N) is 6. The average Bonchev–Trinajstić information content (AvgIpc) is 3.68. The highest BCUT2D eigenvalue weighted by molar-refractivity contribution is 14.1. The summed E-state index contributed by atoms with van der Waals surface area (Å²) in [7, 11) is -3.59. The monoisotopic (exact) mass is 768 g/mol. The third-order valence-corrected chi connectivity index (χ3v) is 12.9. The Labute approximate surface area is 280 Å². The third-order valence-electron chi connectivity index (χ3n) is 10.4. The predicted molar refractivity (Wildman–Crippen MR) is 174 cm³/mol. The molecule has 45 heavy (non-hydrogen) atoms. The van der Waals surface area contributed by atoms with E-state index in [1.54, 1.807) is 4.68 Å². The van der Waals surface area contributed by atoms with Crippen molar-refractivity contribution in [1.82, 2.24) is 24.6 Å². The Morgan fingerprint density at radius 1 is 1.18 bits per heavy atom. The van der Waals surface area contributed by atoms with Crippen LogP contribution in [-0.2, 0) is 52.7 Å². The maximum atomic E-state index is 14.5. The molecule has 1 aromatic carbocycles. The van der Waals surface area contributed by atoms with E-state index >= 15 is 0 Å². The van der Waals surface area contributed by atoms with Crippen LogP contribution in [0.5, 0.6) is 6.01 Å². The van der Waals surface area contributed by atoms with E-state index < -0.39 is 21.6 Å². The number of hydrogen-bond donors (Lipinski definition) is 0. The number of anilines is 1. The molecule has 0 N–H and O–H groups in total. The molecule has 4 aliphatic heterocycles. The van der Waals surface area contributed by atoms with Crippen LogP contribution in [0.4, 0.5) is 10.2 Å². The molecule has 10 nitrogen and oxygen atoms in total. The zero-order chi connectivity index (χ0) is 31.1. The van der Waals surface area contributed by atoms with Crippen molar-refractivity contribution >= 4 is 49.8 Å². The van der Waals surface area contributed by atoms with E-state index in [1.165, 1.54) is 14.7 Å². The van der Waals surface area contributed by atoms with Crippen LogP contribution in [0.2, 0.25) is 5.02 Å². The SMILES string of the molecule is CS(=O)(=O)c1nn2c(c1Cl)CN(c1nc(OC[C@@]34CCCN3C[C@H](F)C4)nc3c1CO[C@@]1(CCc4c(I)cccc41)C3)CCC2. The molecule has 0 radical (unpaired) electrons. The van der Waals surface area contributed by atoms with Crippen LogP contribution < -0.4 is 9.64 Å². The molecule has 14 heteroatoms. The van der Waals surface area contributed by atoms with Crippen LogP contribution in [0.15, 0.2) is 23.2 Å². The molecule has 6 heterocycles. The van der Waals surface area contributed by atoms with Gasteiger partial charge in [0.15, 0.2) is 14.9 Å². The van der Waals surface area contributed by atoms with Crippen molar-refractivity contribution in [3.63, 3.8) is 0 Å². The Balaban J connectivity index is 1.18. The van der Waals surface area contributed by atoms with Gasteiger partial charge in [-0.3, -0.25) is 9.58 Å². The van der Waals surface area contributed by atoms with Gasteiger partial charge < -0.3 is 14.4 Å². The molecular weight excluding hydrogens is 734 g/mol. The minimum absolute atomic E-state index is 0.0994. The van der Waals surface area contributed by atoms with Crippen molar-refractivity contribution in [2.24, 2.45) is 0 Å². The second-order valence-electron chi connectivity index (χ2n) is 13.2. The van der Waals surface area contributed by atoms with E-state index in [1.807, 2.05) is 0 Å². The van der Waals surface area contributed by atoms with Crippen molar-refractivity contribution < 1.29 is 22.3 Å². The largest absolute Gasteiger partial charge is 0.461 e. The first-order valence-corrected chi connectivity index (χ1v) is 18.9. The zero-order valence-electron chi connectivity index (χ0n) is 25.1. The summed E-state index contributed by atoms with van der Waals surface area (Å²) in [6.45, 7) is 3.54. The number of aryl methyl sites for hydroxylation is 1. The van der Waals surface area contributed by atoms with E-state index in [9.17, 15) is 12.8 Å². The summed E-state index contributed by atoms with van der Waals surface area (Å²) in [4.78, 5) is 14.3.